The van der Waals surface area contributed by atoms with Gasteiger partial charge in [0.05, 0.1) is 31.5 Å². The van der Waals surface area contributed by atoms with Crippen molar-refractivity contribution in [2.24, 2.45) is 0 Å². The van der Waals surface area contributed by atoms with Gasteiger partial charge < -0.3 is 13.9 Å². The van der Waals surface area contributed by atoms with Gasteiger partial charge in [-0.1, -0.05) is 6.07 Å². The van der Waals surface area contributed by atoms with E-state index < -0.39 is 0 Å². The predicted octanol–water partition coefficient (Wildman–Crippen LogP) is 1.71. The summed E-state index contributed by atoms with van der Waals surface area (Å²) in [7, 11) is 0. The third-order valence-electron chi connectivity index (χ3n) is 5.46. The Morgan fingerprint density at radius 3 is 2.74 bits per heavy atom. The van der Waals surface area contributed by atoms with Crippen molar-refractivity contribution in [3.63, 3.8) is 0 Å². The molecule has 142 valence electrons. The summed E-state index contributed by atoms with van der Waals surface area (Å²) in [6, 6.07) is 3.94. The van der Waals surface area contributed by atoms with E-state index in [-0.39, 0.29) is 0 Å². The van der Waals surface area contributed by atoms with Crippen LogP contribution >= 0.6 is 0 Å². The smallest absolute Gasteiger partial charge is 0.145 e. The third-order valence-corrected chi connectivity index (χ3v) is 5.46. The number of fused-ring (bicyclic) bond motifs is 1. The van der Waals surface area contributed by atoms with Crippen molar-refractivity contribution in [1.29, 1.82) is 5.41 Å². The normalized spacial score (nSPS) is 15.5. The van der Waals surface area contributed by atoms with Crippen molar-refractivity contribution < 1.29 is 4.74 Å². The van der Waals surface area contributed by atoms with Gasteiger partial charge in [0.15, 0.2) is 0 Å². The molecule has 0 radical (unpaired) electrons. The summed E-state index contributed by atoms with van der Waals surface area (Å²) in [6.45, 7) is 10.3. The Morgan fingerprint density at radius 1 is 1.19 bits per heavy atom. The number of nitrogens with zero attached hydrogens (tertiary/aromatic N) is 5. The number of hydrogen-bond acceptors (Lipinski definition) is 5. The molecule has 0 atom stereocenters. The fraction of sp³-hybridized carbons (Fsp3) is 0.450. The van der Waals surface area contributed by atoms with E-state index in [4.69, 9.17) is 15.1 Å². The minimum Gasteiger partial charge on any atom is -0.379 e. The Hall–Kier alpha value is -2.51. The number of nitrogens with one attached hydrogen (secondary N) is 1. The number of hydrogen-bond donors (Lipinski definition) is 1. The quantitative estimate of drug-likeness (QED) is 0.746. The van der Waals surface area contributed by atoms with E-state index in [1.165, 1.54) is 5.69 Å². The van der Waals surface area contributed by atoms with Gasteiger partial charge in [-0.15, -0.1) is 0 Å². The van der Waals surface area contributed by atoms with E-state index in [1.54, 1.807) is 12.5 Å². The molecule has 27 heavy (non-hydrogen) atoms. The van der Waals surface area contributed by atoms with Crippen LogP contribution in [0.1, 0.15) is 16.8 Å². The molecule has 0 amide bonds. The zero-order valence-electron chi connectivity index (χ0n) is 16.0. The van der Waals surface area contributed by atoms with Crippen molar-refractivity contribution in [3.05, 3.63) is 53.2 Å². The van der Waals surface area contributed by atoms with Gasteiger partial charge in [-0.3, -0.25) is 15.3 Å². The Morgan fingerprint density at radius 2 is 2.00 bits per heavy atom. The lowest BCUT2D eigenvalue weighted by Gasteiger charge is -2.26. The average Bonchev–Trinajstić information content (AvgIpc) is 2.95. The second kappa shape index (κ2) is 7.62. The van der Waals surface area contributed by atoms with E-state index in [0.29, 0.717) is 12.0 Å². The molecule has 1 fully saturated rings. The van der Waals surface area contributed by atoms with Crippen LogP contribution in [0.2, 0.25) is 0 Å². The number of rotatable bonds is 5. The molecule has 1 aliphatic rings. The Labute approximate surface area is 158 Å². The molecule has 7 nitrogen and oxygen atoms in total. The van der Waals surface area contributed by atoms with E-state index in [9.17, 15) is 0 Å². The minimum atomic E-state index is 0.509. The maximum Gasteiger partial charge on any atom is 0.145 e. The highest BCUT2D eigenvalue weighted by Gasteiger charge is 2.17. The molecule has 1 aliphatic heterocycles. The zero-order valence-corrected chi connectivity index (χ0v) is 16.0. The molecular formula is C20H26N6O. The minimum absolute atomic E-state index is 0.509. The lowest BCUT2D eigenvalue weighted by Crippen LogP contribution is -2.38. The number of pyridine rings is 1. The van der Waals surface area contributed by atoms with Gasteiger partial charge in [0.25, 0.3) is 0 Å². The van der Waals surface area contributed by atoms with Gasteiger partial charge in [-0.25, -0.2) is 4.98 Å². The number of ether oxygens (including phenoxy) is 1. The average molecular weight is 366 g/mol. The first-order valence-electron chi connectivity index (χ1n) is 9.43. The molecule has 0 saturated carbocycles. The fourth-order valence-corrected chi connectivity index (χ4v) is 3.74. The van der Waals surface area contributed by atoms with Gasteiger partial charge >= 0.3 is 0 Å². The summed E-state index contributed by atoms with van der Waals surface area (Å²) in [5, 5.41) is 9.68. The van der Waals surface area contributed by atoms with E-state index >= 15 is 0 Å². The molecule has 1 saturated heterocycles. The van der Waals surface area contributed by atoms with Crippen molar-refractivity contribution in [1.82, 2.24) is 24.0 Å². The first-order chi connectivity index (χ1) is 13.1. The predicted molar refractivity (Wildman–Crippen MR) is 104 cm³/mol. The van der Waals surface area contributed by atoms with Crippen molar-refractivity contribution in [2.75, 3.05) is 32.8 Å². The SMILES string of the molecule is Cc1c(C)n(CCN2CCOCC2)c2ncn(Cc3cccnc3)c(=N)c12. The fourth-order valence-electron chi connectivity index (χ4n) is 3.74. The number of aryl methyl sites for hydroxylation is 1. The maximum absolute atomic E-state index is 8.73. The van der Waals surface area contributed by atoms with Crippen molar-refractivity contribution >= 4 is 11.0 Å². The topological polar surface area (TPSA) is 72.0 Å². The third kappa shape index (κ3) is 3.52. The monoisotopic (exact) mass is 366 g/mol. The zero-order chi connectivity index (χ0) is 18.8. The van der Waals surface area contributed by atoms with E-state index in [0.717, 1.165) is 61.6 Å². The largest absolute Gasteiger partial charge is 0.379 e. The van der Waals surface area contributed by atoms with Crippen LogP contribution in [-0.4, -0.2) is 56.9 Å². The Kier molecular flexibility index (Phi) is 5.05. The van der Waals surface area contributed by atoms with E-state index in [2.05, 4.69) is 28.3 Å². The van der Waals surface area contributed by atoms with Gasteiger partial charge in [-0.05, 0) is 31.0 Å². The van der Waals surface area contributed by atoms with Crippen LogP contribution in [0.5, 0.6) is 0 Å². The maximum atomic E-state index is 8.73. The van der Waals surface area contributed by atoms with Crippen LogP contribution < -0.4 is 5.49 Å². The van der Waals surface area contributed by atoms with Crippen LogP contribution in [0.4, 0.5) is 0 Å². The molecule has 1 N–H and O–H groups in total. The highest BCUT2D eigenvalue weighted by molar-refractivity contribution is 5.80. The summed E-state index contributed by atoms with van der Waals surface area (Å²) in [5.74, 6) is 0. The molecule has 4 rings (SSSR count). The summed E-state index contributed by atoms with van der Waals surface area (Å²) in [5.41, 5.74) is 4.82. The Balaban J connectivity index is 1.65. The first kappa shape index (κ1) is 17.9. The van der Waals surface area contributed by atoms with Crippen LogP contribution in [0.25, 0.3) is 11.0 Å². The summed E-state index contributed by atoms with van der Waals surface area (Å²) < 4.78 is 9.58. The summed E-state index contributed by atoms with van der Waals surface area (Å²) in [4.78, 5) is 11.3. The molecule has 3 aromatic rings. The second-order valence-corrected chi connectivity index (χ2v) is 7.10. The first-order valence-corrected chi connectivity index (χ1v) is 9.43. The van der Waals surface area contributed by atoms with Crippen LogP contribution in [0.15, 0.2) is 30.9 Å². The molecular weight excluding hydrogens is 340 g/mol. The van der Waals surface area contributed by atoms with Crippen LogP contribution in [0, 0.1) is 19.3 Å². The van der Waals surface area contributed by atoms with Crippen LogP contribution in [0.3, 0.4) is 0 Å². The summed E-state index contributed by atoms with van der Waals surface area (Å²) >= 11 is 0. The Bertz CT molecular complexity index is 985. The standard InChI is InChI=1S/C20H26N6O/c1-15-16(2)26(7-6-24-8-10-27-11-9-24)20-18(15)19(21)25(14-23-20)13-17-4-3-5-22-12-17/h3-5,12,14,21H,6-11,13H2,1-2H3. The summed E-state index contributed by atoms with van der Waals surface area (Å²) in [6.07, 6.45) is 5.38. The molecule has 3 aromatic heterocycles. The van der Waals surface area contributed by atoms with Gasteiger partial charge in [0, 0.05) is 44.3 Å². The molecule has 0 bridgehead atoms. The molecule has 0 spiro atoms. The second-order valence-electron chi connectivity index (χ2n) is 7.10. The van der Waals surface area contributed by atoms with Gasteiger partial charge in [0.2, 0.25) is 0 Å². The molecule has 7 heteroatoms. The number of aromatic nitrogens is 4. The lowest BCUT2D eigenvalue weighted by atomic mass is 10.2. The lowest BCUT2D eigenvalue weighted by molar-refractivity contribution is 0.0364. The van der Waals surface area contributed by atoms with Crippen LogP contribution in [-0.2, 0) is 17.8 Å². The molecule has 0 unspecified atom stereocenters. The van der Waals surface area contributed by atoms with Crippen molar-refractivity contribution in [3.8, 4) is 0 Å². The van der Waals surface area contributed by atoms with E-state index in [1.807, 2.05) is 22.9 Å². The molecule has 0 aliphatic carbocycles. The molecule has 4 heterocycles. The number of morpholine rings is 1. The molecule has 0 aromatic carbocycles. The van der Waals surface area contributed by atoms with Crippen molar-refractivity contribution in [2.45, 2.75) is 26.9 Å². The van der Waals surface area contributed by atoms with Gasteiger partial charge in [0.1, 0.15) is 11.1 Å². The highest BCUT2D eigenvalue weighted by atomic mass is 16.5. The highest BCUT2D eigenvalue weighted by Crippen LogP contribution is 2.20. The van der Waals surface area contributed by atoms with Gasteiger partial charge in [-0.2, -0.15) is 0 Å².